The lowest BCUT2D eigenvalue weighted by atomic mass is 10.1. The fraction of sp³-hybridized carbons (Fsp3) is 0.222. The molecule has 2 N–H and O–H groups in total. The fourth-order valence-electron chi connectivity index (χ4n) is 3.12. The topological polar surface area (TPSA) is 102 Å². The molecular weight excluding hydrogens is 332 g/mol. The van der Waals surface area contributed by atoms with Gasteiger partial charge in [0.1, 0.15) is 6.26 Å². The van der Waals surface area contributed by atoms with E-state index in [-0.39, 0.29) is 11.6 Å². The van der Waals surface area contributed by atoms with Crippen molar-refractivity contribution >= 4 is 22.5 Å². The van der Waals surface area contributed by atoms with Crippen LogP contribution >= 0.6 is 0 Å². The summed E-state index contributed by atoms with van der Waals surface area (Å²) in [5.41, 5.74) is 3.95. The molecule has 0 spiro atoms. The number of nitrogens with one attached hydrogen (secondary N) is 2. The summed E-state index contributed by atoms with van der Waals surface area (Å²) in [7, 11) is 1.92. The van der Waals surface area contributed by atoms with Crippen LogP contribution in [0.2, 0.25) is 0 Å². The first-order chi connectivity index (χ1) is 12.7. The van der Waals surface area contributed by atoms with Crippen molar-refractivity contribution in [3.8, 4) is 11.5 Å². The first kappa shape index (κ1) is 14.9. The molecule has 1 aliphatic carbocycles. The molecule has 0 unspecified atom stereocenters. The zero-order valence-corrected chi connectivity index (χ0v) is 14.1. The predicted molar refractivity (Wildman–Crippen MR) is 94.7 cm³/mol. The maximum absolute atomic E-state index is 12.7. The molecule has 26 heavy (non-hydrogen) atoms. The zero-order valence-electron chi connectivity index (χ0n) is 14.1. The molecule has 5 rings (SSSR count). The number of fused-ring (bicyclic) bond motifs is 1. The number of anilines is 1. The standard InChI is InChI=1S/C18H16N6O2/c1-24-16-5-13(10-2-3-10)14(4-11(16)8-21-24)22-17(25)15-9-26-18(23-15)12-6-19-20-7-12/h4-10H,2-3H2,1H3,(H,19,20)(H,22,25). The van der Waals surface area contributed by atoms with Crippen molar-refractivity contribution in [2.75, 3.05) is 5.32 Å². The van der Waals surface area contributed by atoms with Crippen LogP contribution in [0.5, 0.6) is 0 Å². The summed E-state index contributed by atoms with van der Waals surface area (Å²) in [4.78, 5) is 16.9. The summed E-state index contributed by atoms with van der Waals surface area (Å²) in [6.07, 6.45) is 8.69. The number of carbonyl (C=O) groups is 1. The number of amides is 1. The van der Waals surface area contributed by atoms with Crippen molar-refractivity contribution in [1.29, 1.82) is 0 Å². The van der Waals surface area contributed by atoms with Crippen LogP contribution in [-0.4, -0.2) is 30.9 Å². The lowest BCUT2D eigenvalue weighted by molar-refractivity contribution is 0.102. The van der Waals surface area contributed by atoms with Gasteiger partial charge in [0.25, 0.3) is 5.91 Å². The zero-order chi connectivity index (χ0) is 17.7. The molecule has 1 aromatic carbocycles. The van der Waals surface area contributed by atoms with Crippen molar-refractivity contribution < 1.29 is 9.21 Å². The molecular formula is C18H16N6O2. The van der Waals surface area contributed by atoms with Gasteiger partial charge in [-0.25, -0.2) is 4.98 Å². The van der Waals surface area contributed by atoms with E-state index in [9.17, 15) is 4.79 Å². The Morgan fingerprint density at radius 2 is 2.23 bits per heavy atom. The highest BCUT2D eigenvalue weighted by Gasteiger charge is 2.28. The fourth-order valence-corrected chi connectivity index (χ4v) is 3.12. The van der Waals surface area contributed by atoms with Gasteiger partial charge in [-0.15, -0.1) is 0 Å². The van der Waals surface area contributed by atoms with Crippen LogP contribution in [0.4, 0.5) is 5.69 Å². The normalized spacial score (nSPS) is 14.0. The maximum Gasteiger partial charge on any atom is 0.277 e. The molecule has 8 heteroatoms. The third-order valence-electron chi connectivity index (χ3n) is 4.66. The molecule has 0 atom stereocenters. The van der Waals surface area contributed by atoms with Crippen LogP contribution < -0.4 is 5.32 Å². The van der Waals surface area contributed by atoms with Gasteiger partial charge in [-0.05, 0) is 36.5 Å². The van der Waals surface area contributed by atoms with Crippen LogP contribution in [0.15, 0.2) is 41.4 Å². The smallest absolute Gasteiger partial charge is 0.277 e. The molecule has 1 aliphatic rings. The number of aromatic nitrogens is 5. The predicted octanol–water partition coefficient (Wildman–Crippen LogP) is 3.08. The minimum atomic E-state index is -0.298. The van der Waals surface area contributed by atoms with E-state index in [2.05, 4.69) is 31.7 Å². The van der Waals surface area contributed by atoms with Crippen LogP contribution in [0.25, 0.3) is 22.4 Å². The number of carbonyl (C=O) groups excluding carboxylic acids is 1. The van der Waals surface area contributed by atoms with Crippen molar-refractivity contribution in [2.45, 2.75) is 18.8 Å². The summed E-state index contributed by atoms with van der Waals surface area (Å²) in [5.74, 6) is 0.547. The van der Waals surface area contributed by atoms with Gasteiger partial charge in [0.2, 0.25) is 5.89 Å². The van der Waals surface area contributed by atoms with Gasteiger partial charge in [0.15, 0.2) is 5.69 Å². The molecule has 0 radical (unpaired) electrons. The summed E-state index contributed by atoms with van der Waals surface area (Å²) in [6, 6.07) is 4.10. The number of aryl methyl sites for hydroxylation is 1. The summed E-state index contributed by atoms with van der Waals surface area (Å²) in [5, 5.41) is 14.8. The Bertz CT molecular complexity index is 1100. The maximum atomic E-state index is 12.7. The van der Waals surface area contributed by atoms with E-state index in [1.54, 1.807) is 18.6 Å². The van der Waals surface area contributed by atoms with Crippen molar-refractivity contribution in [1.82, 2.24) is 25.0 Å². The largest absolute Gasteiger partial charge is 0.444 e. The molecule has 0 bridgehead atoms. The molecule has 3 aromatic heterocycles. The molecule has 4 aromatic rings. The second-order valence-electron chi connectivity index (χ2n) is 6.52. The average molecular weight is 348 g/mol. The van der Waals surface area contributed by atoms with Crippen molar-refractivity contribution in [2.24, 2.45) is 7.05 Å². The Morgan fingerprint density at radius 1 is 1.35 bits per heavy atom. The molecule has 0 saturated heterocycles. The number of nitrogens with zero attached hydrogens (tertiary/aromatic N) is 4. The van der Waals surface area contributed by atoms with Crippen LogP contribution in [0.3, 0.4) is 0 Å². The highest BCUT2D eigenvalue weighted by atomic mass is 16.3. The third-order valence-corrected chi connectivity index (χ3v) is 4.66. The second-order valence-corrected chi connectivity index (χ2v) is 6.52. The van der Waals surface area contributed by atoms with Crippen molar-refractivity contribution in [3.63, 3.8) is 0 Å². The van der Waals surface area contributed by atoms with Gasteiger partial charge in [-0.2, -0.15) is 10.2 Å². The van der Waals surface area contributed by atoms with E-state index in [0.717, 1.165) is 35.0 Å². The van der Waals surface area contributed by atoms with Crippen LogP contribution in [0.1, 0.15) is 34.8 Å². The van der Waals surface area contributed by atoms with Crippen LogP contribution in [-0.2, 0) is 7.05 Å². The van der Waals surface area contributed by atoms with Gasteiger partial charge >= 0.3 is 0 Å². The Balaban J connectivity index is 1.47. The lowest BCUT2D eigenvalue weighted by Crippen LogP contribution is -2.13. The molecule has 1 fully saturated rings. The lowest BCUT2D eigenvalue weighted by Gasteiger charge is -2.10. The van der Waals surface area contributed by atoms with Gasteiger partial charge < -0.3 is 9.73 Å². The SMILES string of the molecule is Cn1ncc2cc(NC(=O)c3coc(-c4cn[nH]c4)n3)c(C3CC3)cc21. The number of H-pyrrole nitrogens is 1. The highest BCUT2D eigenvalue weighted by molar-refractivity contribution is 6.04. The van der Waals surface area contributed by atoms with Gasteiger partial charge in [0, 0.05) is 24.3 Å². The number of benzene rings is 1. The number of hydrogen-bond acceptors (Lipinski definition) is 5. The second kappa shape index (κ2) is 5.55. The average Bonchev–Trinajstić information content (AvgIpc) is 3.04. The van der Waals surface area contributed by atoms with Crippen molar-refractivity contribution in [3.05, 3.63) is 48.2 Å². The van der Waals surface area contributed by atoms with E-state index in [1.165, 1.54) is 6.26 Å². The van der Waals surface area contributed by atoms with E-state index in [1.807, 2.05) is 17.8 Å². The van der Waals surface area contributed by atoms with Gasteiger partial charge in [-0.1, -0.05) is 0 Å². The Hall–Kier alpha value is -3.42. The summed E-state index contributed by atoms with van der Waals surface area (Å²) in [6.45, 7) is 0. The molecule has 0 aliphatic heterocycles. The van der Waals surface area contributed by atoms with E-state index in [0.29, 0.717) is 17.4 Å². The molecule has 8 nitrogen and oxygen atoms in total. The number of oxazole rings is 1. The highest BCUT2D eigenvalue weighted by Crippen LogP contribution is 2.44. The molecule has 3 heterocycles. The van der Waals surface area contributed by atoms with E-state index in [4.69, 9.17) is 4.42 Å². The monoisotopic (exact) mass is 348 g/mol. The number of rotatable bonds is 4. The first-order valence-electron chi connectivity index (χ1n) is 8.41. The quantitative estimate of drug-likeness (QED) is 0.590. The Labute approximate surface area is 148 Å². The first-order valence-corrected chi connectivity index (χ1v) is 8.41. The minimum absolute atomic E-state index is 0.231. The molecule has 130 valence electrons. The Morgan fingerprint density at radius 3 is 3.00 bits per heavy atom. The third kappa shape index (κ3) is 2.46. The van der Waals surface area contributed by atoms with Crippen LogP contribution in [0, 0.1) is 0 Å². The van der Waals surface area contributed by atoms with Gasteiger partial charge in [0.05, 0.1) is 23.5 Å². The summed E-state index contributed by atoms with van der Waals surface area (Å²) < 4.78 is 7.24. The molecule has 1 saturated carbocycles. The number of hydrogen-bond donors (Lipinski definition) is 2. The van der Waals surface area contributed by atoms with Gasteiger partial charge in [-0.3, -0.25) is 14.6 Å². The van der Waals surface area contributed by atoms with E-state index < -0.39 is 0 Å². The van der Waals surface area contributed by atoms with E-state index >= 15 is 0 Å². The minimum Gasteiger partial charge on any atom is -0.444 e. The Kier molecular flexibility index (Phi) is 3.18. The molecule has 1 amide bonds. The number of aromatic amines is 1. The summed E-state index contributed by atoms with van der Waals surface area (Å²) >= 11 is 0.